The molecule has 31 heavy (non-hydrogen) atoms. The Morgan fingerprint density at radius 1 is 0.806 bits per heavy atom. The van der Waals surface area contributed by atoms with E-state index in [1.807, 2.05) is 70.0 Å². The minimum absolute atomic E-state index is 0.0247. The molecule has 2 saturated heterocycles. The number of hydrogen-bond acceptors (Lipinski definition) is 6. The Hall–Kier alpha value is -3.28. The van der Waals surface area contributed by atoms with Crippen LogP contribution < -0.4 is 14.2 Å². The van der Waals surface area contributed by atoms with Crippen LogP contribution >= 0.6 is 7.79 Å². The zero-order valence-corrected chi connectivity index (χ0v) is 17.8. The van der Waals surface area contributed by atoms with E-state index in [4.69, 9.17) is 0 Å². The second kappa shape index (κ2) is 7.76. The summed E-state index contributed by atoms with van der Waals surface area (Å²) >= 11 is 0. The second-order valence-electron chi connectivity index (χ2n) is 7.70. The average Bonchev–Trinajstić information content (AvgIpc) is 3.32. The Labute approximate surface area is 181 Å². The number of amides is 2. The van der Waals surface area contributed by atoms with Crippen LogP contribution in [0, 0.1) is 0 Å². The topological polar surface area (TPSA) is 77.0 Å². The molecule has 7 nitrogen and oxygen atoms in total. The van der Waals surface area contributed by atoms with Gasteiger partial charge in [-0.1, -0.05) is 0 Å². The summed E-state index contributed by atoms with van der Waals surface area (Å²) in [6, 6.07) is 22.6. The summed E-state index contributed by atoms with van der Waals surface area (Å²) in [5.41, 5.74) is 1.33. The maximum atomic E-state index is 13.6. The summed E-state index contributed by atoms with van der Waals surface area (Å²) in [5.74, 6) is -0.673. The van der Waals surface area contributed by atoms with Gasteiger partial charge >= 0.3 is 181 Å². The number of rotatable bonds is 4. The van der Waals surface area contributed by atoms with Crippen molar-refractivity contribution in [3.05, 3.63) is 85.2 Å². The summed E-state index contributed by atoms with van der Waals surface area (Å²) < 4.78 is 3.92. The average molecular weight is 434 g/mol. The fourth-order valence-electron chi connectivity index (χ4n) is 4.60. The third-order valence-corrected chi connectivity index (χ3v) is 9.93. The van der Waals surface area contributed by atoms with Gasteiger partial charge in [-0.3, -0.25) is 0 Å². The van der Waals surface area contributed by atoms with E-state index in [2.05, 4.69) is 4.98 Å². The number of para-hydroxylation sites is 2. The molecule has 3 aromatic rings. The molecule has 158 valence electrons. The molecule has 2 fully saturated rings. The van der Waals surface area contributed by atoms with Crippen molar-refractivity contribution < 1.29 is 14.5 Å². The zero-order chi connectivity index (χ0) is 21.4. The number of carbonyl (C=O) groups excluding carboxylic acids is 2. The molecule has 2 amide bonds. The molecule has 0 bridgehead atoms. The van der Waals surface area contributed by atoms with Crippen LogP contribution in [0.5, 0.6) is 0 Å². The van der Waals surface area contributed by atoms with Gasteiger partial charge in [0.1, 0.15) is 0 Å². The van der Waals surface area contributed by atoms with Crippen molar-refractivity contribution >= 4 is 36.7 Å². The zero-order valence-electron chi connectivity index (χ0n) is 16.8. The van der Waals surface area contributed by atoms with Crippen LogP contribution in [0.1, 0.15) is 6.42 Å². The first-order valence-electron chi connectivity index (χ1n) is 10.3. The molecule has 1 aromatic heterocycles. The molecule has 2 aliphatic rings. The Kier molecular flexibility index (Phi) is 4.93. The van der Waals surface area contributed by atoms with Crippen molar-refractivity contribution in [2.24, 2.45) is 0 Å². The van der Waals surface area contributed by atoms with Crippen molar-refractivity contribution in [1.29, 1.82) is 0 Å². The number of benzene rings is 2. The maximum absolute atomic E-state index is 13.6. The fraction of sp³-hybridized carbons (Fsp3) is 0.174. The number of pyridine rings is 1. The molecule has 1 atom stereocenters. The molecule has 2 aliphatic heterocycles. The van der Waals surface area contributed by atoms with Crippen LogP contribution in [-0.4, -0.2) is 40.4 Å². The van der Waals surface area contributed by atoms with Crippen LogP contribution in [0.2, 0.25) is 0 Å². The molecule has 0 saturated carbocycles. The van der Waals surface area contributed by atoms with Gasteiger partial charge in [0.2, 0.25) is 0 Å². The van der Waals surface area contributed by atoms with E-state index >= 15 is 0 Å². The molecule has 1 unspecified atom stereocenters. The predicted molar refractivity (Wildman–Crippen MR) is 123 cm³/mol. The molecular weight excluding hydrogens is 411 g/mol. The normalized spacial score (nSPS) is 21.6. The van der Waals surface area contributed by atoms with Gasteiger partial charge in [0, 0.05) is 0 Å². The first-order valence-corrected chi connectivity index (χ1v) is 12.2. The summed E-state index contributed by atoms with van der Waals surface area (Å²) in [6.07, 6.45) is 3.07. The number of imide groups is 1. The van der Waals surface area contributed by atoms with Crippen molar-refractivity contribution in [2.75, 3.05) is 27.3 Å². The Morgan fingerprint density at radius 3 is 1.87 bits per heavy atom. The predicted octanol–water partition coefficient (Wildman–Crippen LogP) is 3.23. The van der Waals surface area contributed by atoms with E-state index < -0.39 is 13.4 Å². The number of aromatic nitrogens is 1. The van der Waals surface area contributed by atoms with Gasteiger partial charge in [-0.15, -0.1) is 0 Å². The molecule has 3 heterocycles. The summed E-state index contributed by atoms with van der Waals surface area (Å²) in [7, 11) is -3.64. The van der Waals surface area contributed by atoms with Crippen LogP contribution in [0.15, 0.2) is 85.2 Å². The Morgan fingerprint density at radius 2 is 1.35 bits per heavy atom. The molecule has 8 heteroatoms. The van der Waals surface area contributed by atoms with Crippen LogP contribution in [0.25, 0.3) is 0 Å². The van der Waals surface area contributed by atoms with Gasteiger partial charge in [-0.2, -0.15) is 0 Å². The van der Waals surface area contributed by atoms with E-state index in [9.17, 15) is 14.5 Å². The number of hydrogen-bond donors (Lipinski definition) is 1. The second-order valence-corrected chi connectivity index (χ2v) is 10.8. The third kappa shape index (κ3) is 3.17. The van der Waals surface area contributed by atoms with Crippen molar-refractivity contribution in [3.8, 4) is 0 Å². The quantitative estimate of drug-likeness (QED) is 0.502. The first-order chi connectivity index (χ1) is 15.1. The Bertz CT molecular complexity index is 1050. The standard InChI is InChI=1S/C23H23N4O3P/c28-22-16-21(23(29)27(22)20-12-7-13-24-17-20)31(30)25(18-8-3-1-4-9-18)14-15-26(31)19-10-5-2-6-11-19/h1-13,17,21,30-31H,14-16H2. The summed E-state index contributed by atoms with van der Waals surface area (Å²) in [5, 5.41) is 0. The molecule has 1 N–H and O–H groups in total. The minimum atomic E-state index is -3.64. The van der Waals surface area contributed by atoms with Gasteiger partial charge in [0.05, 0.1) is 0 Å². The van der Waals surface area contributed by atoms with Gasteiger partial charge < -0.3 is 0 Å². The van der Waals surface area contributed by atoms with Crippen molar-refractivity contribution in [2.45, 2.75) is 12.1 Å². The molecule has 2 aromatic carbocycles. The van der Waals surface area contributed by atoms with E-state index in [1.54, 1.807) is 18.3 Å². The van der Waals surface area contributed by atoms with Gasteiger partial charge in [-0.05, 0) is 0 Å². The Balaban J connectivity index is 1.59. The van der Waals surface area contributed by atoms with Crippen LogP contribution in [-0.2, 0) is 9.59 Å². The van der Waals surface area contributed by atoms with Crippen LogP contribution in [0.3, 0.4) is 0 Å². The summed E-state index contributed by atoms with van der Waals surface area (Å²) in [4.78, 5) is 44.1. The molecule has 0 radical (unpaired) electrons. The van der Waals surface area contributed by atoms with E-state index in [-0.39, 0.29) is 18.2 Å². The third-order valence-electron chi connectivity index (χ3n) is 6.00. The monoisotopic (exact) mass is 434 g/mol. The van der Waals surface area contributed by atoms with E-state index in [0.717, 1.165) is 11.4 Å². The van der Waals surface area contributed by atoms with Crippen LogP contribution in [0.4, 0.5) is 17.1 Å². The molecular formula is C23H23N4O3P. The molecule has 5 rings (SSSR count). The number of carbonyl (C=O) groups is 2. The van der Waals surface area contributed by atoms with E-state index in [1.165, 1.54) is 11.1 Å². The first kappa shape index (κ1) is 19.7. The fourth-order valence-corrected chi connectivity index (χ4v) is 8.47. The SMILES string of the molecule is O=C1CC([PH]2(O)N(c3ccccc3)CCN2c2ccccc2)C(=O)N1c1cccnc1. The number of anilines is 3. The number of nitrogens with zero attached hydrogens (tertiary/aromatic N) is 4. The molecule has 0 aliphatic carbocycles. The van der Waals surface area contributed by atoms with Gasteiger partial charge in [-0.25, -0.2) is 0 Å². The van der Waals surface area contributed by atoms with Crippen molar-refractivity contribution in [1.82, 2.24) is 4.98 Å². The van der Waals surface area contributed by atoms with E-state index in [0.29, 0.717) is 18.8 Å². The van der Waals surface area contributed by atoms with Crippen molar-refractivity contribution in [3.63, 3.8) is 0 Å². The molecule has 0 spiro atoms. The van der Waals surface area contributed by atoms with Gasteiger partial charge in [0.15, 0.2) is 0 Å². The van der Waals surface area contributed by atoms with Gasteiger partial charge in [0.25, 0.3) is 0 Å². The summed E-state index contributed by atoms with van der Waals surface area (Å²) in [6.45, 7) is 1.15.